The van der Waals surface area contributed by atoms with Gasteiger partial charge in [0.25, 0.3) is 0 Å². The van der Waals surface area contributed by atoms with Gasteiger partial charge in [-0.1, -0.05) is 73.7 Å². The number of rotatable bonds is 2. The summed E-state index contributed by atoms with van der Waals surface area (Å²) < 4.78 is 3.55. The minimum absolute atomic E-state index is 0.430. The Balaban J connectivity index is 1.53. The molecule has 0 amide bonds. The molecule has 158 valence electrons. The summed E-state index contributed by atoms with van der Waals surface area (Å²) in [5.41, 5.74) is 3.25. The molecule has 0 saturated heterocycles. The Kier molecular flexibility index (Phi) is 4.05. The van der Waals surface area contributed by atoms with E-state index in [1.54, 1.807) is 0 Å². The van der Waals surface area contributed by atoms with Crippen LogP contribution in [-0.2, 0) is 0 Å². The van der Waals surface area contributed by atoms with E-state index in [-0.39, 0.29) is 0 Å². The molecule has 0 spiro atoms. The highest BCUT2D eigenvalue weighted by molar-refractivity contribution is 7.20. The Hall–Kier alpha value is -3.76. The van der Waals surface area contributed by atoms with Gasteiger partial charge in [0.05, 0.1) is 16.6 Å². The van der Waals surface area contributed by atoms with E-state index in [1.807, 2.05) is 35.7 Å². The predicted molar refractivity (Wildman–Crippen MR) is 139 cm³/mol. The number of thiophene rings is 1. The first-order chi connectivity index (χ1) is 16.3. The maximum Gasteiger partial charge on any atom is 0.235 e. The van der Waals surface area contributed by atoms with Crippen LogP contribution in [0.5, 0.6) is 0 Å². The van der Waals surface area contributed by atoms with Crippen molar-refractivity contribution in [2.75, 3.05) is 0 Å². The largest absolute Gasteiger partial charge is 0.278 e. The fourth-order valence-electron chi connectivity index (χ4n) is 5.09. The Morgan fingerprint density at radius 1 is 0.848 bits per heavy atom. The summed E-state index contributed by atoms with van der Waals surface area (Å²) in [6.45, 7) is 2.30. The quantitative estimate of drug-likeness (QED) is 0.273. The van der Waals surface area contributed by atoms with E-state index < -0.39 is 0 Å². The highest BCUT2D eigenvalue weighted by Crippen LogP contribution is 2.43. The van der Waals surface area contributed by atoms with Gasteiger partial charge >= 0.3 is 0 Å². The number of benzene rings is 3. The summed E-state index contributed by atoms with van der Waals surface area (Å²) in [6.07, 6.45) is 10.9. The summed E-state index contributed by atoms with van der Waals surface area (Å²) in [5, 5.41) is 4.89. The van der Waals surface area contributed by atoms with Crippen molar-refractivity contribution in [3.63, 3.8) is 0 Å². The van der Waals surface area contributed by atoms with Gasteiger partial charge in [-0.3, -0.25) is 4.57 Å². The van der Waals surface area contributed by atoms with E-state index >= 15 is 0 Å². The highest BCUT2D eigenvalue weighted by atomic mass is 32.1. The summed E-state index contributed by atoms with van der Waals surface area (Å²) in [4.78, 5) is 11.1. The van der Waals surface area contributed by atoms with Gasteiger partial charge in [-0.25, -0.2) is 9.97 Å². The Morgan fingerprint density at radius 2 is 1.70 bits per heavy atom. The molecule has 0 fully saturated rings. The maximum atomic E-state index is 4.93. The molecule has 2 atom stereocenters. The molecule has 0 radical (unpaired) electrons. The average molecular weight is 444 g/mol. The van der Waals surface area contributed by atoms with E-state index in [1.165, 1.54) is 25.7 Å². The van der Waals surface area contributed by atoms with Crippen molar-refractivity contribution in [2.24, 2.45) is 5.92 Å². The third-order valence-corrected chi connectivity index (χ3v) is 8.02. The fourth-order valence-corrected chi connectivity index (χ4v) is 6.50. The number of nitrogens with zero attached hydrogens (tertiary/aromatic N) is 3. The zero-order valence-corrected chi connectivity index (χ0v) is 19.0. The first-order valence-corrected chi connectivity index (χ1v) is 12.1. The van der Waals surface area contributed by atoms with Crippen LogP contribution in [-0.4, -0.2) is 14.5 Å². The van der Waals surface area contributed by atoms with Crippen LogP contribution in [0.25, 0.3) is 48.7 Å². The Morgan fingerprint density at radius 3 is 2.64 bits per heavy atom. The fraction of sp³-hybridized carbons (Fsp3) is 0.103. The van der Waals surface area contributed by atoms with Gasteiger partial charge in [0, 0.05) is 37.9 Å². The number of hydrogen-bond acceptors (Lipinski definition) is 3. The average Bonchev–Trinajstić information content (AvgIpc) is 3.43. The minimum atomic E-state index is 0.430. The molecule has 3 heterocycles. The molecule has 0 saturated carbocycles. The Bertz CT molecular complexity index is 1750. The number of allylic oxidation sites excluding steroid dienone is 4. The predicted octanol–water partition coefficient (Wildman–Crippen LogP) is 7.79. The summed E-state index contributed by atoms with van der Waals surface area (Å²) in [7, 11) is 0. The summed E-state index contributed by atoms with van der Waals surface area (Å²) in [6, 6.07) is 23.6. The molecule has 33 heavy (non-hydrogen) atoms. The van der Waals surface area contributed by atoms with Gasteiger partial charge in [-0.05, 0) is 35.6 Å². The lowest BCUT2D eigenvalue weighted by Crippen LogP contribution is -2.05. The second-order valence-electron chi connectivity index (χ2n) is 8.76. The topological polar surface area (TPSA) is 30.7 Å². The van der Waals surface area contributed by atoms with Crippen molar-refractivity contribution in [3.8, 4) is 5.95 Å². The Labute approximate surface area is 195 Å². The molecule has 1 unspecified atom stereocenters. The normalized spacial score (nSPS) is 18.2. The first-order valence-electron chi connectivity index (χ1n) is 11.3. The number of aromatic nitrogens is 3. The molecule has 4 heteroatoms. The standard InChI is InChI=1S/C29H21N3S/c1-18-8-2-4-10-21(18)26-16-19-14-15-25-27(28(19)33-26)22-11-5-7-13-24(22)32(25)29-30-17-20-9-3-6-12-23(20)31-29/h2-18,21H,1H3/t18-,21?/m1/s1. The first kappa shape index (κ1) is 18.8. The van der Waals surface area contributed by atoms with Crippen LogP contribution in [0, 0.1) is 5.92 Å². The molecule has 3 aromatic heterocycles. The lowest BCUT2D eigenvalue weighted by Gasteiger charge is -2.18. The number of hydrogen-bond donors (Lipinski definition) is 0. The van der Waals surface area contributed by atoms with E-state index in [0.29, 0.717) is 17.8 Å². The summed E-state index contributed by atoms with van der Waals surface area (Å²) >= 11 is 1.92. The molecular formula is C29H21N3S. The van der Waals surface area contributed by atoms with Crippen molar-refractivity contribution in [2.45, 2.75) is 12.8 Å². The van der Waals surface area contributed by atoms with Gasteiger partial charge in [-0.15, -0.1) is 11.3 Å². The lowest BCUT2D eigenvalue weighted by molar-refractivity contribution is 0.645. The third kappa shape index (κ3) is 2.81. The number of para-hydroxylation sites is 2. The van der Waals surface area contributed by atoms with E-state index in [9.17, 15) is 0 Å². The highest BCUT2D eigenvalue weighted by Gasteiger charge is 2.22. The van der Waals surface area contributed by atoms with Gasteiger partial charge < -0.3 is 0 Å². The molecule has 0 N–H and O–H groups in total. The monoisotopic (exact) mass is 443 g/mol. The molecule has 3 nitrogen and oxygen atoms in total. The maximum absolute atomic E-state index is 4.93. The second-order valence-corrected chi connectivity index (χ2v) is 9.85. The molecule has 6 aromatic rings. The van der Waals surface area contributed by atoms with Crippen molar-refractivity contribution >= 4 is 54.1 Å². The van der Waals surface area contributed by atoms with E-state index in [4.69, 9.17) is 9.97 Å². The van der Waals surface area contributed by atoms with E-state index in [2.05, 4.69) is 84.3 Å². The van der Waals surface area contributed by atoms with Crippen molar-refractivity contribution in [3.05, 3.63) is 102 Å². The lowest BCUT2D eigenvalue weighted by atomic mass is 9.89. The second kappa shape index (κ2) is 7.12. The minimum Gasteiger partial charge on any atom is -0.278 e. The molecule has 0 bridgehead atoms. The van der Waals surface area contributed by atoms with Crippen molar-refractivity contribution < 1.29 is 0 Å². The van der Waals surface area contributed by atoms with Gasteiger partial charge in [0.2, 0.25) is 5.95 Å². The van der Waals surface area contributed by atoms with Gasteiger partial charge in [0.1, 0.15) is 0 Å². The van der Waals surface area contributed by atoms with Gasteiger partial charge in [-0.2, -0.15) is 0 Å². The van der Waals surface area contributed by atoms with E-state index in [0.717, 1.165) is 21.9 Å². The smallest absolute Gasteiger partial charge is 0.235 e. The van der Waals surface area contributed by atoms with Crippen LogP contribution >= 0.6 is 11.3 Å². The van der Waals surface area contributed by atoms with Crippen LogP contribution in [0.4, 0.5) is 0 Å². The third-order valence-electron chi connectivity index (χ3n) is 6.75. The zero-order chi connectivity index (χ0) is 21.9. The molecule has 3 aromatic carbocycles. The summed E-state index contributed by atoms with van der Waals surface area (Å²) in [5.74, 6) is 1.65. The molecule has 7 rings (SSSR count). The molecule has 1 aliphatic rings. The van der Waals surface area contributed by atoms with Gasteiger partial charge in [0.15, 0.2) is 0 Å². The molecule has 0 aliphatic heterocycles. The van der Waals surface area contributed by atoms with Crippen molar-refractivity contribution in [1.82, 2.24) is 14.5 Å². The number of fused-ring (bicyclic) bond motifs is 6. The van der Waals surface area contributed by atoms with Crippen LogP contribution in [0.2, 0.25) is 0 Å². The van der Waals surface area contributed by atoms with Crippen LogP contribution in [0.15, 0.2) is 97.2 Å². The van der Waals surface area contributed by atoms with Crippen LogP contribution in [0.1, 0.15) is 17.7 Å². The SMILES string of the molecule is C[C@@H]1C=CC=CC1c1cc2ccc3c(c4ccccc4n3-c3ncc4ccccc4n3)c2s1. The molecular weight excluding hydrogens is 422 g/mol. The van der Waals surface area contributed by atoms with Crippen LogP contribution < -0.4 is 0 Å². The zero-order valence-electron chi connectivity index (χ0n) is 18.1. The molecule has 1 aliphatic carbocycles. The van der Waals surface area contributed by atoms with Crippen molar-refractivity contribution in [1.29, 1.82) is 0 Å². The van der Waals surface area contributed by atoms with Crippen LogP contribution in [0.3, 0.4) is 0 Å².